The average Bonchev–Trinajstić information content (AvgIpc) is 3.01. The first-order valence-electron chi connectivity index (χ1n) is 10.4. The molecule has 5 nitrogen and oxygen atoms in total. The second-order valence-electron chi connectivity index (χ2n) is 7.90. The fraction of sp³-hybridized carbons (Fsp3) is 0.200. The first kappa shape index (κ1) is 22.4. The maximum absolute atomic E-state index is 12.8. The molecule has 0 radical (unpaired) electrons. The van der Waals surface area contributed by atoms with E-state index in [1.807, 2.05) is 61.5 Å². The smallest absolute Gasteiger partial charge is 0.259 e. The molecule has 3 aromatic carbocycles. The number of hydrogen-bond donors (Lipinski definition) is 3. The fourth-order valence-corrected chi connectivity index (χ4v) is 4.68. The summed E-state index contributed by atoms with van der Waals surface area (Å²) in [6, 6.07) is 24.1. The summed E-state index contributed by atoms with van der Waals surface area (Å²) in [5.41, 5.74) is 3.07. The zero-order valence-electron chi connectivity index (χ0n) is 18.0. The van der Waals surface area contributed by atoms with E-state index >= 15 is 0 Å². The van der Waals surface area contributed by atoms with Crippen molar-refractivity contribution >= 4 is 35.4 Å². The maximum Gasteiger partial charge on any atom is 0.259 e. The quantitative estimate of drug-likeness (QED) is 0.338. The van der Waals surface area contributed by atoms with Crippen LogP contribution in [-0.2, 0) is 16.8 Å². The Labute approximate surface area is 197 Å². The topological polar surface area (TPSA) is 68.2 Å². The summed E-state index contributed by atoms with van der Waals surface area (Å²) in [6.45, 7) is 2.61. The second kappa shape index (κ2) is 9.36. The van der Waals surface area contributed by atoms with Crippen molar-refractivity contribution in [1.82, 2.24) is 14.9 Å². The Hall–Kier alpha value is -2.80. The molecule has 32 heavy (non-hydrogen) atoms. The van der Waals surface area contributed by atoms with Crippen molar-refractivity contribution in [2.75, 3.05) is 13.6 Å². The molecule has 1 heterocycles. The summed E-state index contributed by atoms with van der Waals surface area (Å²) in [6.07, 6.45) is 0.832. The molecule has 3 N–H and O–H groups in total. The highest BCUT2D eigenvalue weighted by molar-refractivity contribution is 7.97. The molecule has 1 aliphatic heterocycles. The minimum Gasteiger partial charge on any atom is -0.338 e. The number of halogens is 1. The van der Waals surface area contributed by atoms with Gasteiger partial charge in [0, 0.05) is 23.5 Å². The van der Waals surface area contributed by atoms with Gasteiger partial charge in [-0.3, -0.25) is 19.8 Å². The minimum absolute atomic E-state index is 0.105. The minimum atomic E-state index is -0.964. The van der Waals surface area contributed by atoms with E-state index in [9.17, 15) is 4.79 Å². The second-order valence-corrected chi connectivity index (χ2v) is 9.31. The SMILES string of the molecule is CN1C(=N)NC(C)(c2cccc(-c3cc(Cl)ccc3CCNSc3ccccc3)c2)C1=O. The van der Waals surface area contributed by atoms with Gasteiger partial charge in [0.2, 0.25) is 0 Å². The molecule has 0 aromatic heterocycles. The molecule has 1 fully saturated rings. The lowest BCUT2D eigenvalue weighted by atomic mass is 9.88. The predicted molar refractivity (Wildman–Crippen MR) is 132 cm³/mol. The molecule has 0 saturated carbocycles. The van der Waals surface area contributed by atoms with Crippen LogP contribution in [0.1, 0.15) is 18.1 Å². The van der Waals surface area contributed by atoms with Crippen molar-refractivity contribution in [1.29, 1.82) is 5.41 Å². The van der Waals surface area contributed by atoms with Crippen molar-refractivity contribution in [2.24, 2.45) is 0 Å². The lowest BCUT2D eigenvalue weighted by Crippen LogP contribution is -2.40. The van der Waals surface area contributed by atoms with E-state index < -0.39 is 5.54 Å². The Morgan fingerprint density at radius 2 is 1.88 bits per heavy atom. The van der Waals surface area contributed by atoms with Gasteiger partial charge >= 0.3 is 0 Å². The summed E-state index contributed by atoms with van der Waals surface area (Å²) in [5.74, 6) is -0.0403. The van der Waals surface area contributed by atoms with E-state index in [1.165, 1.54) is 15.4 Å². The number of rotatable bonds is 7. The van der Waals surface area contributed by atoms with Crippen LogP contribution < -0.4 is 10.0 Å². The highest BCUT2D eigenvalue weighted by Crippen LogP contribution is 2.33. The number of guanidine groups is 1. The Bertz CT molecular complexity index is 1150. The van der Waals surface area contributed by atoms with Gasteiger partial charge in [-0.05, 0) is 77.9 Å². The molecular weight excluding hydrogens is 440 g/mol. The molecule has 1 saturated heterocycles. The molecule has 7 heteroatoms. The average molecular weight is 465 g/mol. The largest absolute Gasteiger partial charge is 0.338 e. The van der Waals surface area contributed by atoms with Gasteiger partial charge in [0.25, 0.3) is 5.91 Å². The van der Waals surface area contributed by atoms with Crippen LogP contribution in [0.4, 0.5) is 0 Å². The number of likely N-dealkylation sites (N-methyl/N-ethyl adjacent to an activating group) is 1. The number of hydrogen-bond acceptors (Lipinski definition) is 4. The van der Waals surface area contributed by atoms with Crippen molar-refractivity contribution in [3.63, 3.8) is 0 Å². The normalized spacial score (nSPS) is 18.2. The molecule has 1 amide bonds. The van der Waals surface area contributed by atoms with Gasteiger partial charge in [0.1, 0.15) is 5.54 Å². The summed E-state index contributed by atoms with van der Waals surface area (Å²) >= 11 is 7.96. The van der Waals surface area contributed by atoms with E-state index in [0.717, 1.165) is 29.7 Å². The van der Waals surface area contributed by atoms with Crippen LogP contribution in [0, 0.1) is 5.41 Å². The van der Waals surface area contributed by atoms with Crippen LogP contribution in [0.2, 0.25) is 5.02 Å². The van der Waals surface area contributed by atoms with Crippen molar-refractivity contribution < 1.29 is 4.79 Å². The molecule has 3 aromatic rings. The molecule has 0 spiro atoms. The van der Waals surface area contributed by atoms with Crippen molar-refractivity contribution in [2.45, 2.75) is 23.8 Å². The molecule has 164 valence electrons. The summed E-state index contributed by atoms with van der Waals surface area (Å²) in [7, 11) is 1.61. The zero-order valence-corrected chi connectivity index (χ0v) is 19.6. The maximum atomic E-state index is 12.8. The number of benzene rings is 3. The van der Waals surface area contributed by atoms with E-state index in [-0.39, 0.29) is 11.9 Å². The number of amides is 1. The standard InChI is InChI=1S/C25H25ClN4OS/c1-25(23(31)30(2)24(27)29-25)19-8-6-7-18(15-19)22-16-20(26)12-11-17(22)13-14-28-32-21-9-4-3-5-10-21/h3-12,15-16,28H,13-14H2,1-2H3,(H2,27,29). The van der Waals surface area contributed by atoms with E-state index in [4.69, 9.17) is 17.0 Å². The molecule has 1 unspecified atom stereocenters. The van der Waals surface area contributed by atoms with Crippen LogP contribution in [0.25, 0.3) is 11.1 Å². The third-order valence-electron chi connectivity index (χ3n) is 5.69. The highest BCUT2D eigenvalue weighted by atomic mass is 35.5. The van der Waals surface area contributed by atoms with Gasteiger partial charge in [-0.1, -0.05) is 54.1 Å². The Balaban J connectivity index is 1.56. The molecule has 4 rings (SSSR count). The van der Waals surface area contributed by atoms with Crippen LogP contribution in [0.15, 0.2) is 77.7 Å². The van der Waals surface area contributed by atoms with Crippen LogP contribution in [0.5, 0.6) is 0 Å². The predicted octanol–water partition coefficient (Wildman–Crippen LogP) is 5.06. The number of nitrogens with zero attached hydrogens (tertiary/aromatic N) is 1. The first-order valence-corrected chi connectivity index (χ1v) is 11.6. The van der Waals surface area contributed by atoms with Gasteiger partial charge in [-0.25, -0.2) is 0 Å². The zero-order chi connectivity index (χ0) is 22.7. The molecule has 1 atom stereocenters. The van der Waals surface area contributed by atoms with Crippen LogP contribution in [0.3, 0.4) is 0 Å². The van der Waals surface area contributed by atoms with Crippen LogP contribution >= 0.6 is 23.5 Å². The lowest BCUT2D eigenvalue weighted by Gasteiger charge is -2.23. The van der Waals surface area contributed by atoms with Gasteiger partial charge in [0.15, 0.2) is 5.96 Å². The van der Waals surface area contributed by atoms with Gasteiger partial charge in [0.05, 0.1) is 0 Å². The summed E-state index contributed by atoms with van der Waals surface area (Å²) < 4.78 is 3.42. The summed E-state index contributed by atoms with van der Waals surface area (Å²) in [4.78, 5) is 15.3. The summed E-state index contributed by atoms with van der Waals surface area (Å²) in [5, 5.41) is 11.7. The third kappa shape index (κ3) is 4.53. The molecular formula is C25H25ClN4OS. The van der Waals surface area contributed by atoms with Gasteiger partial charge in [-0.2, -0.15) is 0 Å². The molecule has 0 aliphatic carbocycles. The number of carbonyl (C=O) groups is 1. The van der Waals surface area contributed by atoms with Gasteiger partial charge in [-0.15, -0.1) is 0 Å². The van der Waals surface area contributed by atoms with Crippen molar-refractivity contribution in [3.05, 3.63) is 88.9 Å². The fourth-order valence-electron chi connectivity index (χ4n) is 3.85. The Morgan fingerprint density at radius 3 is 2.59 bits per heavy atom. The number of carbonyl (C=O) groups excluding carboxylic acids is 1. The van der Waals surface area contributed by atoms with E-state index in [0.29, 0.717) is 5.02 Å². The van der Waals surface area contributed by atoms with Crippen molar-refractivity contribution in [3.8, 4) is 11.1 Å². The first-order chi connectivity index (χ1) is 15.4. The molecule has 1 aliphatic rings. The van der Waals surface area contributed by atoms with E-state index in [1.54, 1.807) is 19.0 Å². The Morgan fingerprint density at radius 1 is 1.09 bits per heavy atom. The molecule has 0 bridgehead atoms. The monoisotopic (exact) mass is 464 g/mol. The van der Waals surface area contributed by atoms with Crippen LogP contribution in [-0.4, -0.2) is 30.4 Å². The van der Waals surface area contributed by atoms with E-state index in [2.05, 4.69) is 28.2 Å². The van der Waals surface area contributed by atoms with Gasteiger partial charge < -0.3 is 5.32 Å². The number of nitrogens with one attached hydrogen (secondary N) is 3. The highest BCUT2D eigenvalue weighted by Gasteiger charge is 2.45. The lowest BCUT2D eigenvalue weighted by molar-refractivity contribution is -0.129. The Kier molecular flexibility index (Phi) is 6.55. The third-order valence-corrected chi connectivity index (χ3v) is 6.78.